The lowest BCUT2D eigenvalue weighted by Gasteiger charge is -2.09. The summed E-state index contributed by atoms with van der Waals surface area (Å²) >= 11 is 0. The van der Waals surface area contributed by atoms with E-state index in [1.54, 1.807) is 24.1 Å². The molecule has 0 saturated heterocycles. The lowest BCUT2D eigenvalue weighted by molar-refractivity contribution is 0.289. The Morgan fingerprint density at radius 1 is 1.47 bits per heavy atom. The van der Waals surface area contributed by atoms with Crippen LogP contribution in [0.25, 0.3) is 0 Å². The molecule has 0 atom stereocenters. The summed E-state index contributed by atoms with van der Waals surface area (Å²) in [5, 5.41) is 0. The molecule has 0 saturated carbocycles. The summed E-state index contributed by atoms with van der Waals surface area (Å²) in [5.41, 5.74) is 0.738. The van der Waals surface area contributed by atoms with E-state index in [1.807, 2.05) is 0 Å². The van der Waals surface area contributed by atoms with Gasteiger partial charge in [-0.05, 0) is 18.2 Å². The van der Waals surface area contributed by atoms with Crippen LogP contribution in [0.4, 0.5) is 4.39 Å². The Hall–Kier alpha value is -1.60. The van der Waals surface area contributed by atoms with E-state index >= 15 is 0 Å². The average Bonchev–Trinajstić information content (AvgIpc) is 2.72. The summed E-state index contributed by atoms with van der Waals surface area (Å²) in [6.07, 6.45) is 3.17. The molecule has 5 nitrogen and oxygen atoms in total. The van der Waals surface area contributed by atoms with E-state index in [1.165, 1.54) is 6.07 Å². The van der Waals surface area contributed by atoms with E-state index in [4.69, 9.17) is 15.4 Å². The number of hydrogen-bond donors (Lipinski definition) is 0. The minimum absolute atomic E-state index is 0.00222. The van der Waals surface area contributed by atoms with Crippen LogP contribution in [0.15, 0.2) is 35.6 Å². The van der Waals surface area contributed by atoms with E-state index in [0.717, 1.165) is 17.8 Å². The molecule has 0 unspecified atom stereocenters. The number of rotatable bonds is 4. The molecule has 8 heteroatoms. The molecule has 0 N–H and O–H groups in total. The molecule has 102 valence electrons. The van der Waals surface area contributed by atoms with Gasteiger partial charge in [0.2, 0.25) is 0 Å². The predicted molar refractivity (Wildman–Crippen MR) is 67.0 cm³/mol. The molecule has 1 aromatic heterocycles. The predicted octanol–water partition coefficient (Wildman–Crippen LogP) is 2.07. The Morgan fingerprint density at radius 2 is 2.21 bits per heavy atom. The number of aromatic nitrogens is 2. The first-order valence-electron chi connectivity index (χ1n) is 5.20. The molecular formula is C11H10ClFN2O3S. The van der Waals surface area contributed by atoms with Crippen LogP contribution in [-0.2, 0) is 22.7 Å². The highest BCUT2D eigenvalue weighted by molar-refractivity contribution is 8.13. The molecule has 0 aliphatic carbocycles. The fraction of sp³-hybridized carbons (Fsp3) is 0.182. The fourth-order valence-corrected chi connectivity index (χ4v) is 2.45. The van der Waals surface area contributed by atoms with Gasteiger partial charge in [-0.3, -0.25) is 0 Å². The second kappa shape index (κ2) is 5.18. The van der Waals surface area contributed by atoms with Crippen molar-refractivity contribution in [2.45, 2.75) is 11.5 Å². The first-order chi connectivity index (χ1) is 8.88. The van der Waals surface area contributed by atoms with Gasteiger partial charge < -0.3 is 9.30 Å². The summed E-state index contributed by atoms with van der Waals surface area (Å²) in [6, 6.07) is 3.14. The zero-order valence-corrected chi connectivity index (χ0v) is 11.4. The van der Waals surface area contributed by atoms with Crippen molar-refractivity contribution in [1.82, 2.24) is 9.55 Å². The molecule has 0 bridgehead atoms. The second-order valence-electron chi connectivity index (χ2n) is 3.81. The van der Waals surface area contributed by atoms with E-state index in [-0.39, 0.29) is 12.4 Å². The van der Waals surface area contributed by atoms with Gasteiger partial charge in [0.25, 0.3) is 9.05 Å². The maximum absolute atomic E-state index is 13.1. The van der Waals surface area contributed by atoms with Crippen molar-refractivity contribution in [2.75, 3.05) is 0 Å². The van der Waals surface area contributed by atoms with Gasteiger partial charge in [-0.25, -0.2) is 17.8 Å². The number of imidazole rings is 1. The normalized spacial score (nSPS) is 11.5. The first kappa shape index (κ1) is 13.8. The molecule has 0 spiro atoms. The number of benzene rings is 1. The standard InChI is InChI=1S/C11H10ClFN2O3S/c1-15-7-14-5-9(15)6-18-10-3-2-8(13)4-11(10)19(12,16)17/h2-5,7H,6H2,1H3. The van der Waals surface area contributed by atoms with Crippen LogP contribution in [0.3, 0.4) is 0 Å². The monoisotopic (exact) mass is 304 g/mol. The Balaban J connectivity index is 2.28. The summed E-state index contributed by atoms with van der Waals surface area (Å²) in [6.45, 7) is 0.0988. The van der Waals surface area contributed by atoms with Crippen molar-refractivity contribution in [3.8, 4) is 5.75 Å². The van der Waals surface area contributed by atoms with Gasteiger partial charge in [0, 0.05) is 17.7 Å². The van der Waals surface area contributed by atoms with Crippen LogP contribution in [0.5, 0.6) is 5.75 Å². The third-order valence-corrected chi connectivity index (χ3v) is 3.80. The molecule has 0 radical (unpaired) electrons. The average molecular weight is 305 g/mol. The van der Waals surface area contributed by atoms with Crippen molar-refractivity contribution in [2.24, 2.45) is 7.05 Å². The number of aryl methyl sites for hydroxylation is 1. The molecule has 2 aromatic rings. The van der Waals surface area contributed by atoms with Crippen molar-refractivity contribution >= 4 is 19.7 Å². The maximum Gasteiger partial charge on any atom is 0.265 e. The van der Waals surface area contributed by atoms with Crippen LogP contribution in [-0.4, -0.2) is 18.0 Å². The highest BCUT2D eigenvalue weighted by Crippen LogP contribution is 2.28. The molecular weight excluding hydrogens is 295 g/mol. The molecule has 0 amide bonds. The van der Waals surface area contributed by atoms with Crippen LogP contribution in [0.2, 0.25) is 0 Å². The molecule has 0 fully saturated rings. The second-order valence-corrected chi connectivity index (χ2v) is 6.35. The van der Waals surface area contributed by atoms with E-state index < -0.39 is 19.8 Å². The third kappa shape index (κ3) is 3.24. The number of nitrogens with zero attached hydrogens (tertiary/aromatic N) is 2. The summed E-state index contributed by atoms with van der Waals surface area (Å²) in [4.78, 5) is 3.51. The van der Waals surface area contributed by atoms with Crippen molar-refractivity contribution in [3.05, 3.63) is 42.2 Å². The topological polar surface area (TPSA) is 61.2 Å². The Labute approximate surface area is 114 Å². The van der Waals surface area contributed by atoms with Crippen LogP contribution in [0, 0.1) is 5.82 Å². The van der Waals surface area contributed by atoms with E-state index in [2.05, 4.69) is 4.98 Å². The summed E-state index contributed by atoms with van der Waals surface area (Å²) in [5.74, 6) is -0.704. The number of hydrogen-bond acceptors (Lipinski definition) is 4. The van der Waals surface area contributed by atoms with Gasteiger partial charge in [0.15, 0.2) is 0 Å². The van der Waals surface area contributed by atoms with Crippen molar-refractivity contribution in [3.63, 3.8) is 0 Å². The Morgan fingerprint density at radius 3 is 2.79 bits per heavy atom. The molecule has 1 aromatic carbocycles. The first-order valence-corrected chi connectivity index (χ1v) is 7.51. The molecule has 2 rings (SSSR count). The van der Waals surface area contributed by atoms with Gasteiger partial charge in [0.1, 0.15) is 23.1 Å². The molecule has 19 heavy (non-hydrogen) atoms. The van der Waals surface area contributed by atoms with Crippen molar-refractivity contribution in [1.29, 1.82) is 0 Å². The largest absolute Gasteiger partial charge is 0.486 e. The minimum atomic E-state index is -4.07. The van der Waals surface area contributed by atoms with E-state index in [9.17, 15) is 12.8 Å². The minimum Gasteiger partial charge on any atom is -0.486 e. The zero-order valence-electron chi connectivity index (χ0n) is 9.88. The molecule has 1 heterocycles. The quantitative estimate of drug-likeness (QED) is 0.811. The van der Waals surface area contributed by atoms with Gasteiger partial charge in [-0.1, -0.05) is 0 Å². The van der Waals surface area contributed by atoms with Crippen molar-refractivity contribution < 1.29 is 17.5 Å². The molecule has 0 aliphatic rings. The SMILES string of the molecule is Cn1cncc1COc1ccc(F)cc1S(=O)(=O)Cl. The fourth-order valence-electron chi connectivity index (χ4n) is 1.47. The lowest BCUT2D eigenvalue weighted by atomic mass is 10.3. The van der Waals surface area contributed by atoms with Gasteiger partial charge in [0.05, 0.1) is 18.2 Å². The number of ether oxygens (including phenoxy) is 1. The van der Waals surface area contributed by atoms with E-state index in [0.29, 0.717) is 0 Å². The van der Waals surface area contributed by atoms with Gasteiger partial charge >= 0.3 is 0 Å². The van der Waals surface area contributed by atoms with Crippen LogP contribution in [0.1, 0.15) is 5.69 Å². The lowest BCUT2D eigenvalue weighted by Crippen LogP contribution is -2.04. The van der Waals surface area contributed by atoms with Crippen LogP contribution >= 0.6 is 10.7 Å². The van der Waals surface area contributed by atoms with Crippen LogP contribution < -0.4 is 4.74 Å². The Bertz CT molecular complexity index is 700. The third-order valence-electron chi connectivity index (χ3n) is 2.46. The zero-order chi connectivity index (χ0) is 14.0. The molecule has 0 aliphatic heterocycles. The summed E-state index contributed by atoms with van der Waals surface area (Å²) in [7, 11) is 2.94. The summed E-state index contributed by atoms with van der Waals surface area (Å²) < 4.78 is 42.8. The maximum atomic E-state index is 13.1. The number of halogens is 2. The Kier molecular flexibility index (Phi) is 3.77. The van der Waals surface area contributed by atoms with Gasteiger partial charge in [-0.2, -0.15) is 0 Å². The van der Waals surface area contributed by atoms with Gasteiger partial charge in [-0.15, -0.1) is 0 Å². The smallest absolute Gasteiger partial charge is 0.265 e. The highest BCUT2D eigenvalue weighted by Gasteiger charge is 2.18. The highest BCUT2D eigenvalue weighted by atomic mass is 35.7.